The van der Waals surface area contributed by atoms with Crippen LogP contribution in [0.25, 0.3) is 16.7 Å². The molecule has 0 radical (unpaired) electrons. The van der Waals surface area contributed by atoms with Crippen molar-refractivity contribution in [3.8, 4) is 5.69 Å². The fraction of sp³-hybridized carbons (Fsp3) is 0. The summed E-state index contributed by atoms with van der Waals surface area (Å²) in [4.78, 5) is 12.2. The first-order chi connectivity index (χ1) is 8.40. The second kappa shape index (κ2) is 3.80. The summed E-state index contributed by atoms with van der Waals surface area (Å²) in [6, 6.07) is 3.70. The molecule has 3 aromatic rings. The summed E-state index contributed by atoms with van der Waals surface area (Å²) in [6.07, 6.45) is 6.51. The minimum Gasteiger partial charge on any atom is -0.308 e. The number of rotatable bonds is 2. The SMILES string of the molecule is NNc1ncnc2c1cnn2-c1ccncc1. The Morgan fingerprint density at radius 2 is 2.00 bits per heavy atom. The van der Waals surface area contributed by atoms with Gasteiger partial charge in [0.15, 0.2) is 11.5 Å². The van der Waals surface area contributed by atoms with Crippen molar-refractivity contribution < 1.29 is 0 Å². The quantitative estimate of drug-likeness (QED) is 0.489. The number of hydrazine groups is 1. The first kappa shape index (κ1) is 9.67. The summed E-state index contributed by atoms with van der Waals surface area (Å²) in [5, 5.41) is 5.04. The molecule has 7 nitrogen and oxygen atoms in total. The van der Waals surface area contributed by atoms with E-state index in [4.69, 9.17) is 5.84 Å². The van der Waals surface area contributed by atoms with Crippen LogP contribution in [-0.2, 0) is 0 Å². The molecule has 0 aliphatic carbocycles. The van der Waals surface area contributed by atoms with E-state index in [-0.39, 0.29) is 0 Å². The van der Waals surface area contributed by atoms with Gasteiger partial charge in [0.2, 0.25) is 0 Å². The van der Waals surface area contributed by atoms with Crippen LogP contribution in [-0.4, -0.2) is 24.7 Å². The molecule has 0 aliphatic heterocycles. The second-order valence-electron chi connectivity index (χ2n) is 3.37. The minimum atomic E-state index is 0.551. The van der Waals surface area contributed by atoms with Crippen molar-refractivity contribution in [3.63, 3.8) is 0 Å². The van der Waals surface area contributed by atoms with Gasteiger partial charge in [0, 0.05) is 12.4 Å². The van der Waals surface area contributed by atoms with Gasteiger partial charge in [-0.3, -0.25) is 4.98 Å². The fourth-order valence-electron chi connectivity index (χ4n) is 1.63. The lowest BCUT2D eigenvalue weighted by Crippen LogP contribution is -2.09. The van der Waals surface area contributed by atoms with Crippen molar-refractivity contribution in [1.29, 1.82) is 0 Å². The molecule has 3 aromatic heterocycles. The van der Waals surface area contributed by atoms with E-state index in [1.807, 2.05) is 12.1 Å². The van der Waals surface area contributed by atoms with E-state index in [0.717, 1.165) is 11.1 Å². The van der Waals surface area contributed by atoms with E-state index < -0.39 is 0 Å². The highest BCUT2D eigenvalue weighted by molar-refractivity contribution is 5.86. The molecule has 3 heterocycles. The smallest absolute Gasteiger partial charge is 0.168 e. The van der Waals surface area contributed by atoms with Crippen LogP contribution in [0.3, 0.4) is 0 Å². The van der Waals surface area contributed by atoms with Crippen LogP contribution >= 0.6 is 0 Å². The monoisotopic (exact) mass is 227 g/mol. The van der Waals surface area contributed by atoms with Crippen molar-refractivity contribution in [3.05, 3.63) is 37.1 Å². The Kier molecular flexibility index (Phi) is 2.16. The van der Waals surface area contributed by atoms with E-state index in [2.05, 4.69) is 25.5 Å². The highest BCUT2D eigenvalue weighted by Crippen LogP contribution is 2.20. The Labute approximate surface area is 96.3 Å². The molecule has 84 valence electrons. The number of nitrogen functional groups attached to an aromatic ring is 1. The lowest BCUT2D eigenvalue weighted by Gasteiger charge is -2.02. The number of anilines is 1. The van der Waals surface area contributed by atoms with Crippen LogP contribution < -0.4 is 11.3 Å². The van der Waals surface area contributed by atoms with Crippen molar-refractivity contribution in [1.82, 2.24) is 24.7 Å². The molecule has 0 fully saturated rings. The molecule has 0 amide bonds. The average molecular weight is 227 g/mol. The third-order valence-electron chi connectivity index (χ3n) is 2.41. The van der Waals surface area contributed by atoms with Gasteiger partial charge >= 0.3 is 0 Å². The molecule has 0 spiro atoms. The molecular formula is C10H9N7. The maximum Gasteiger partial charge on any atom is 0.168 e. The topological polar surface area (TPSA) is 94.5 Å². The molecule has 3 rings (SSSR count). The Morgan fingerprint density at radius 3 is 2.76 bits per heavy atom. The summed E-state index contributed by atoms with van der Waals surface area (Å²) in [6.45, 7) is 0. The lowest BCUT2D eigenvalue weighted by molar-refractivity contribution is 0.892. The third-order valence-corrected chi connectivity index (χ3v) is 2.41. The van der Waals surface area contributed by atoms with Gasteiger partial charge in [-0.15, -0.1) is 0 Å². The minimum absolute atomic E-state index is 0.551. The standard InChI is InChI=1S/C10H9N7/c11-16-9-8-5-15-17(10(8)14-6-13-9)7-1-3-12-4-2-7/h1-6H,11H2,(H,13,14,16). The normalized spacial score (nSPS) is 10.6. The molecule has 17 heavy (non-hydrogen) atoms. The number of aromatic nitrogens is 5. The largest absolute Gasteiger partial charge is 0.308 e. The molecule has 0 aromatic carbocycles. The van der Waals surface area contributed by atoms with Crippen LogP contribution in [0, 0.1) is 0 Å². The maximum absolute atomic E-state index is 5.38. The number of nitrogens with one attached hydrogen (secondary N) is 1. The third kappa shape index (κ3) is 1.49. The lowest BCUT2D eigenvalue weighted by atomic mass is 10.4. The summed E-state index contributed by atoms with van der Waals surface area (Å²) >= 11 is 0. The van der Waals surface area contributed by atoms with Crippen LogP contribution in [0.4, 0.5) is 5.82 Å². The van der Waals surface area contributed by atoms with Crippen molar-refractivity contribution in [2.24, 2.45) is 5.84 Å². The molecule has 0 saturated carbocycles. The van der Waals surface area contributed by atoms with E-state index >= 15 is 0 Å². The zero-order chi connectivity index (χ0) is 11.7. The Balaban J connectivity index is 2.26. The van der Waals surface area contributed by atoms with Gasteiger partial charge in [0.05, 0.1) is 17.3 Å². The molecule has 0 aliphatic rings. The van der Waals surface area contributed by atoms with Crippen molar-refractivity contribution >= 4 is 16.9 Å². The van der Waals surface area contributed by atoms with Gasteiger partial charge in [-0.05, 0) is 12.1 Å². The molecule has 0 saturated heterocycles. The molecule has 0 bridgehead atoms. The first-order valence-corrected chi connectivity index (χ1v) is 4.96. The van der Waals surface area contributed by atoms with Gasteiger partial charge in [-0.2, -0.15) is 5.10 Å². The van der Waals surface area contributed by atoms with E-state index in [1.165, 1.54) is 6.33 Å². The Morgan fingerprint density at radius 1 is 1.18 bits per heavy atom. The molecule has 0 atom stereocenters. The van der Waals surface area contributed by atoms with Gasteiger partial charge in [-0.25, -0.2) is 20.5 Å². The number of hydrogen-bond acceptors (Lipinski definition) is 6. The molecule has 0 unspecified atom stereocenters. The van der Waals surface area contributed by atoms with Crippen LogP contribution in [0.5, 0.6) is 0 Å². The molecule has 3 N–H and O–H groups in total. The maximum atomic E-state index is 5.38. The predicted molar refractivity (Wildman–Crippen MR) is 62.3 cm³/mol. The Hall–Kier alpha value is -2.54. The fourth-order valence-corrected chi connectivity index (χ4v) is 1.63. The van der Waals surface area contributed by atoms with Crippen LogP contribution in [0.1, 0.15) is 0 Å². The zero-order valence-electron chi connectivity index (χ0n) is 8.78. The number of nitrogens with two attached hydrogens (primary N) is 1. The van der Waals surface area contributed by atoms with E-state index in [0.29, 0.717) is 11.5 Å². The average Bonchev–Trinajstić information content (AvgIpc) is 2.83. The molecular weight excluding hydrogens is 218 g/mol. The van der Waals surface area contributed by atoms with Gasteiger partial charge in [0.1, 0.15) is 6.33 Å². The van der Waals surface area contributed by atoms with E-state index in [1.54, 1.807) is 23.3 Å². The summed E-state index contributed by atoms with van der Waals surface area (Å²) in [5.74, 6) is 5.93. The van der Waals surface area contributed by atoms with Crippen molar-refractivity contribution in [2.75, 3.05) is 5.43 Å². The van der Waals surface area contributed by atoms with Gasteiger partial charge in [0.25, 0.3) is 0 Å². The Bertz CT molecular complexity index is 646. The van der Waals surface area contributed by atoms with Crippen molar-refractivity contribution in [2.45, 2.75) is 0 Å². The number of nitrogens with zero attached hydrogens (tertiary/aromatic N) is 5. The van der Waals surface area contributed by atoms with Crippen LogP contribution in [0.2, 0.25) is 0 Å². The van der Waals surface area contributed by atoms with E-state index in [9.17, 15) is 0 Å². The molecule has 7 heteroatoms. The summed E-state index contributed by atoms with van der Waals surface area (Å²) in [5.41, 5.74) is 4.10. The van der Waals surface area contributed by atoms with Gasteiger partial charge in [-0.1, -0.05) is 0 Å². The highest BCUT2D eigenvalue weighted by Gasteiger charge is 2.09. The predicted octanol–water partition coefficient (Wildman–Crippen LogP) is 0.496. The highest BCUT2D eigenvalue weighted by atomic mass is 15.3. The number of hydrogen-bond donors (Lipinski definition) is 2. The second-order valence-corrected chi connectivity index (χ2v) is 3.37. The zero-order valence-corrected chi connectivity index (χ0v) is 8.78. The summed E-state index contributed by atoms with van der Waals surface area (Å²) < 4.78 is 1.71. The van der Waals surface area contributed by atoms with Crippen LogP contribution in [0.15, 0.2) is 37.1 Å². The summed E-state index contributed by atoms with van der Waals surface area (Å²) in [7, 11) is 0. The first-order valence-electron chi connectivity index (χ1n) is 4.96. The number of fused-ring (bicyclic) bond motifs is 1. The van der Waals surface area contributed by atoms with Gasteiger partial charge < -0.3 is 5.43 Å². The number of pyridine rings is 1.